The van der Waals surface area contributed by atoms with Crippen molar-refractivity contribution in [2.75, 3.05) is 11.9 Å². The molecular weight excluding hydrogens is 478 g/mol. The van der Waals surface area contributed by atoms with Gasteiger partial charge >= 0.3 is 0 Å². The molecule has 192 valence electrons. The average molecular weight is 508 g/mol. The van der Waals surface area contributed by atoms with Crippen LogP contribution in [0, 0.1) is 11.3 Å². The lowest BCUT2D eigenvalue weighted by atomic mass is 10.0. The van der Waals surface area contributed by atoms with E-state index in [4.69, 9.17) is 14.7 Å². The van der Waals surface area contributed by atoms with E-state index in [0.29, 0.717) is 42.5 Å². The average Bonchev–Trinajstić information content (AvgIpc) is 2.95. The second kappa shape index (κ2) is 12.8. The predicted octanol–water partition coefficient (Wildman–Crippen LogP) is 5.71. The maximum atomic E-state index is 13.4. The number of phenols is 1. The van der Waals surface area contributed by atoms with Crippen molar-refractivity contribution < 1.29 is 19.4 Å². The van der Waals surface area contributed by atoms with Crippen LogP contribution in [0.4, 0.5) is 5.69 Å². The third kappa shape index (κ3) is 6.83. The van der Waals surface area contributed by atoms with Crippen molar-refractivity contribution in [1.82, 2.24) is 5.32 Å². The molecule has 3 N–H and O–H groups in total. The highest BCUT2D eigenvalue weighted by Gasteiger charge is 2.23. The number of carbonyl (C=O) groups excluding carboxylic acids is 1. The molecule has 0 fully saturated rings. The van der Waals surface area contributed by atoms with Gasteiger partial charge in [0.05, 0.1) is 12.2 Å². The van der Waals surface area contributed by atoms with Crippen molar-refractivity contribution in [2.45, 2.75) is 26.1 Å². The van der Waals surface area contributed by atoms with E-state index in [1.165, 1.54) is 12.1 Å². The summed E-state index contributed by atoms with van der Waals surface area (Å²) < 4.78 is 11.9. The Morgan fingerprint density at radius 3 is 2.26 bits per heavy atom. The first-order chi connectivity index (χ1) is 18.6. The monoisotopic (exact) mass is 507 g/mol. The Labute approximate surface area is 222 Å². The van der Waals surface area contributed by atoms with Crippen LogP contribution < -0.4 is 20.1 Å². The van der Waals surface area contributed by atoms with Crippen LogP contribution in [-0.4, -0.2) is 17.6 Å². The third-order valence-electron chi connectivity index (χ3n) is 5.84. The van der Waals surface area contributed by atoms with Crippen LogP contribution in [-0.2, 0) is 17.9 Å². The zero-order valence-electron chi connectivity index (χ0n) is 21.1. The summed E-state index contributed by atoms with van der Waals surface area (Å²) in [5, 5.41) is 25.5. The fourth-order valence-corrected chi connectivity index (χ4v) is 3.90. The van der Waals surface area contributed by atoms with E-state index in [-0.39, 0.29) is 17.2 Å². The normalized spacial score (nSPS) is 11.2. The van der Waals surface area contributed by atoms with E-state index in [1.54, 1.807) is 18.2 Å². The van der Waals surface area contributed by atoms with Gasteiger partial charge in [-0.1, -0.05) is 66.7 Å². The van der Waals surface area contributed by atoms with Crippen molar-refractivity contribution in [3.63, 3.8) is 0 Å². The lowest BCUT2D eigenvalue weighted by Gasteiger charge is -2.22. The van der Waals surface area contributed by atoms with Gasteiger partial charge in [-0.05, 0) is 47.9 Å². The van der Waals surface area contributed by atoms with E-state index in [1.807, 2.05) is 79.7 Å². The minimum absolute atomic E-state index is 0.152. The van der Waals surface area contributed by atoms with Gasteiger partial charge in [0.1, 0.15) is 24.5 Å². The highest BCUT2D eigenvalue weighted by Crippen LogP contribution is 2.33. The number of rotatable bonds is 11. The first kappa shape index (κ1) is 26.1. The highest BCUT2D eigenvalue weighted by molar-refractivity contribution is 5.86. The summed E-state index contributed by atoms with van der Waals surface area (Å²) in [7, 11) is 0. The summed E-state index contributed by atoms with van der Waals surface area (Å²) in [6.45, 7) is 3.04. The summed E-state index contributed by atoms with van der Waals surface area (Å²) in [4.78, 5) is 13.4. The lowest BCUT2D eigenvalue weighted by molar-refractivity contribution is -0.122. The van der Waals surface area contributed by atoms with E-state index in [0.717, 1.165) is 11.1 Å². The maximum Gasteiger partial charge on any atom is 0.247 e. The molecule has 0 spiro atoms. The molecule has 0 aromatic heterocycles. The highest BCUT2D eigenvalue weighted by atomic mass is 16.5. The van der Waals surface area contributed by atoms with Crippen LogP contribution in [0.3, 0.4) is 0 Å². The Kier molecular flexibility index (Phi) is 8.82. The number of phenolic OH excluding ortho intramolecular Hbond substituents is 1. The molecule has 0 aliphatic heterocycles. The Morgan fingerprint density at radius 2 is 1.61 bits per heavy atom. The molecule has 7 nitrogen and oxygen atoms in total. The van der Waals surface area contributed by atoms with Gasteiger partial charge in [0.15, 0.2) is 11.5 Å². The van der Waals surface area contributed by atoms with Gasteiger partial charge < -0.3 is 25.2 Å². The Hall–Kier alpha value is -4.96. The van der Waals surface area contributed by atoms with Gasteiger partial charge in [0.2, 0.25) is 5.91 Å². The number of anilines is 1. The van der Waals surface area contributed by atoms with Crippen molar-refractivity contribution in [2.24, 2.45) is 0 Å². The number of amides is 1. The molecule has 1 amide bonds. The minimum Gasteiger partial charge on any atom is -0.506 e. The summed E-state index contributed by atoms with van der Waals surface area (Å²) in [5.74, 6) is 0.656. The van der Waals surface area contributed by atoms with Gasteiger partial charge in [-0.2, -0.15) is 5.26 Å². The molecule has 7 heteroatoms. The molecule has 0 saturated heterocycles. The summed E-state index contributed by atoms with van der Waals surface area (Å²) in [6, 6.07) is 30.5. The molecule has 4 rings (SSSR count). The zero-order chi connectivity index (χ0) is 26.7. The van der Waals surface area contributed by atoms with Crippen LogP contribution >= 0.6 is 0 Å². The van der Waals surface area contributed by atoms with Crippen LogP contribution in [0.1, 0.15) is 35.2 Å². The van der Waals surface area contributed by atoms with Gasteiger partial charge in [-0.3, -0.25) is 4.79 Å². The molecule has 0 aliphatic rings. The number of nitriles is 1. The topological polar surface area (TPSA) is 104 Å². The molecule has 4 aromatic carbocycles. The second-order valence-electron chi connectivity index (χ2n) is 8.54. The first-order valence-electron chi connectivity index (χ1n) is 12.3. The number of nitrogens with zero attached hydrogens (tertiary/aromatic N) is 1. The number of carbonyl (C=O) groups is 1. The van der Waals surface area contributed by atoms with Crippen LogP contribution in [0.2, 0.25) is 0 Å². The Balaban J connectivity index is 1.61. The SMILES string of the molecule is CCOc1cc(C(Nc2ccc(C#N)c(O)c2)C(=O)NCc2ccccc2)ccc1OCc1ccccc1. The fraction of sp³-hybridized carbons (Fsp3) is 0.161. The summed E-state index contributed by atoms with van der Waals surface area (Å²) >= 11 is 0. The third-order valence-corrected chi connectivity index (χ3v) is 5.84. The Morgan fingerprint density at radius 1 is 0.895 bits per heavy atom. The van der Waals surface area contributed by atoms with Gasteiger partial charge in [-0.25, -0.2) is 0 Å². The Bertz CT molecular complexity index is 1400. The molecule has 38 heavy (non-hydrogen) atoms. The van der Waals surface area contributed by atoms with Crippen molar-refractivity contribution in [3.8, 4) is 23.3 Å². The van der Waals surface area contributed by atoms with E-state index in [9.17, 15) is 9.90 Å². The first-order valence-corrected chi connectivity index (χ1v) is 12.3. The van der Waals surface area contributed by atoms with Crippen molar-refractivity contribution in [1.29, 1.82) is 5.26 Å². The number of hydrogen-bond acceptors (Lipinski definition) is 6. The zero-order valence-corrected chi connectivity index (χ0v) is 21.1. The second-order valence-corrected chi connectivity index (χ2v) is 8.54. The van der Waals surface area contributed by atoms with Gasteiger partial charge in [0.25, 0.3) is 0 Å². The van der Waals surface area contributed by atoms with E-state index < -0.39 is 6.04 Å². The largest absolute Gasteiger partial charge is 0.506 e. The molecule has 4 aromatic rings. The number of ether oxygens (including phenoxy) is 2. The predicted molar refractivity (Wildman–Crippen MR) is 146 cm³/mol. The van der Waals surface area contributed by atoms with Gasteiger partial charge in [-0.15, -0.1) is 0 Å². The lowest BCUT2D eigenvalue weighted by Crippen LogP contribution is -2.33. The molecule has 0 radical (unpaired) electrons. The molecule has 0 aliphatic carbocycles. The minimum atomic E-state index is -0.812. The molecule has 1 atom stereocenters. The molecular formula is C31H29N3O4. The van der Waals surface area contributed by atoms with Gasteiger partial charge in [0, 0.05) is 18.3 Å². The summed E-state index contributed by atoms with van der Waals surface area (Å²) in [6.07, 6.45) is 0. The number of benzene rings is 4. The van der Waals surface area contributed by atoms with Crippen LogP contribution in [0.25, 0.3) is 0 Å². The molecule has 0 bridgehead atoms. The van der Waals surface area contributed by atoms with Crippen molar-refractivity contribution in [3.05, 3.63) is 119 Å². The summed E-state index contributed by atoms with van der Waals surface area (Å²) in [5.41, 5.74) is 3.28. The maximum absolute atomic E-state index is 13.4. The van der Waals surface area contributed by atoms with E-state index >= 15 is 0 Å². The number of hydrogen-bond donors (Lipinski definition) is 3. The fourth-order valence-electron chi connectivity index (χ4n) is 3.90. The quantitative estimate of drug-likeness (QED) is 0.240. The van der Waals surface area contributed by atoms with Crippen LogP contribution in [0.5, 0.6) is 17.2 Å². The van der Waals surface area contributed by atoms with E-state index in [2.05, 4.69) is 10.6 Å². The number of aromatic hydroxyl groups is 1. The van der Waals surface area contributed by atoms with Crippen molar-refractivity contribution >= 4 is 11.6 Å². The standard InChI is InChI=1S/C31H29N3O4/c1-2-37-29-17-24(14-16-28(29)38-21-23-11-7-4-8-12-23)30(31(36)33-20-22-9-5-3-6-10-22)34-26-15-13-25(19-32)27(35)18-26/h3-18,30,34-35H,2,20-21H2,1H3,(H,33,36). The molecule has 1 unspecified atom stereocenters. The molecule has 0 saturated carbocycles. The number of nitrogens with one attached hydrogen (secondary N) is 2. The smallest absolute Gasteiger partial charge is 0.247 e. The molecule has 0 heterocycles. The van der Waals surface area contributed by atoms with Crippen LogP contribution in [0.15, 0.2) is 97.1 Å².